The summed E-state index contributed by atoms with van der Waals surface area (Å²) in [4.78, 5) is 52.8. The van der Waals surface area contributed by atoms with Gasteiger partial charge in [-0.2, -0.15) is 9.78 Å². The van der Waals surface area contributed by atoms with E-state index in [1.54, 1.807) is 38.1 Å². The molecule has 3 aromatic rings. The van der Waals surface area contributed by atoms with Crippen molar-refractivity contribution in [3.63, 3.8) is 0 Å². The second kappa shape index (κ2) is 14.1. The minimum absolute atomic E-state index is 0.0357. The van der Waals surface area contributed by atoms with Crippen LogP contribution in [0.2, 0.25) is 0 Å². The molecule has 1 aliphatic heterocycles. The van der Waals surface area contributed by atoms with E-state index < -0.39 is 34.7 Å². The number of aryl methyl sites for hydroxylation is 2. The maximum atomic E-state index is 13.0. The second-order valence-corrected chi connectivity index (χ2v) is 10.4. The topological polar surface area (TPSA) is 167 Å². The van der Waals surface area contributed by atoms with Crippen LogP contribution >= 0.6 is 15.9 Å². The number of carboxylic acids is 1. The van der Waals surface area contributed by atoms with Crippen LogP contribution < -0.4 is 21.3 Å². The molecular weight excluding hydrogens is 598 g/mol. The molecule has 0 spiro atoms. The number of aromatic hydroxyl groups is 1. The lowest BCUT2D eigenvalue weighted by Gasteiger charge is -2.30. The van der Waals surface area contributed by atoms with Crippen LogP contribution in [-0.4, -0.2) is 67.9 Å². The molecule has 220 valence electrons. The van der Waals surface area contributed by atoms with Gasteiger partial charge in [-0.25, -0.2) is 4.79 Å². The third-order valence-corrected chi connectivity index (χ3v) is 7.05. The summed E-state index contributed by atoms with van der Waals surface area (Å²) in [5.41, 5.74) is -0.644. The first kappa shape index (κ1) is 31.6. The Labute approximate surface area is 245 Å². The van der Waals surface area contributed by atoms with Crippen LogP contribution in [0.3, 0.4) is 0 Å². The van der Waals surface area contributed by atoms with Crippen LogP contribution in [0.15, 0.2) is 44.4 Å². The number of carbonyl (C=O) groups excluding carboxylic acids is 1. The zero-order valence-corrected chi connectivity index (χ0v) is 24.9. The van der Waals surface area contributed by atoms with Crippen molar-refractivity contribution < 1.29 is 24.5 Å². The molecule has 0 aliphatic carbocycles. The number of aromatic amines is 1. The zero-order valence-electron chi connectivity index (χ0n) is 23.4. The first-order chi connectivity index (χ1) is 19.5. The van der Waals surface area contributed by atoms with Gasteiger partial charge >= 0.3 is 11.7 Å². The van der Waals surface area contributed by atoms with Crippen molar-refractivity contribution in [2.75, 3.05) is 26.2 Å². The summed E-state index contributed by atoms with van der Waals surface area (Å²) in [6.45, 7) is 10.2. The van der Waals surface area contributed by atoms with Gasteiger partial charge in [-0.1, -0.05) is 13.8 Å². The van der Waals surface area contributed by atoms with Gasteiger partial charge in [0.2, 0.25) is 5.69 Å². The van der Waals surface area contributed by atoms with Crippen LogP contribution in [0.5, 0.6) is 17.2 Å². The van der Waals surface area contributed by atoms with E-state index in [0.717, 1.165) is 17.8 Å². The summed E-state index contributed by atoms with van der Waals surface area (Å²) >= 11 is 3.24. The van der Waals surface area contributed by atoms with E-state index in [4.69, 9.17) is 4.74 Å². The normalized spacial score (nSPS) is 14.7. The number of aromatic nitrogens is 3. The Morgan fingerprint density at radius 2 is 1.80 bits per heavy atom. The number of likely N-dealkylation sites (tertiary alicyclic amines) is 1. The van der Waals surface area contributed by atoms with Crippen LogP contribution in [0, 0.1) is 19.8 Å². The quantitative estimate of drug-likeness (QED) is 0.306. The highest BCUT2D eigenvalue weighted by atomic mass is 79.9. The average molecular weight is 633 g/mol. The number of carboxylic acid groups (broad SMARTS) is 1. The lowest BCUT2D eigenvalue weighted by molar-refractivity contribution is -0.143. The van der Waals surface area contributed by atoms with Gasteiger partial charge in [-0.05, 0) is 97.2 Å². The average Bonchev–Trinajstić information content (AvgIpc) is 2.93. The van der Waals surface area contributed by atoms with Gasteiger partial charge in [0.15, 0.2) is 0 Å². The van der Waals surface area contributed by atoms with Gasteiger partial charge < -0.3 is 25.2 Å². The van der Waals surface area contributed by atoms with Gasteiger partial charge in [0.1, 0.15) is 17.2 Å². The molecule has 13 heteroatoms. The summed E-state index contributed by atoms with van der Waals surface area (Å²) < 4.78 is 7.36. The second-order valence-electron chi connectivity index (χ2n) is 9.53. The van der Waals surface area contributed by atoms with E-state index in [2.05, 4.69) is 45.2 Å². The summed E-state index contributed by atoms with van der Waals surface area (Å²) in [5.74, 6) is -1.39. The molecule has 12 nitrogen and oxygen atoms in total. The largest absolute Gasteiger partial charge is 0.507 e. The third-order valence-electron chi connectivity index (χ3n) is 6.42. The smallest absolute Gasteiger partial charge is 0.349 e. The molecule has 1 aliphatic rings. The van der Waals surface area contributed by atoms with E-state index in [1.165, 1.54) is 11.0 Å². The Kier molecular flexibility index (Phi) is 10.8. The van der Waals surface area contributed by atoms with E-state index in [-0.39, 0.29) is 12.3 Å². The highest BCUT2D eigenvalue weighted by Crippen LogP contribution is 2.34. The van der Waals surface area contributed by atoms with E-state index in [9.17, 15) is 29.4 Å². The van der Waals surface area contributed by atoms with Gasteiger partial charge in [-0.15, -0.1) is 0 Å². The monoisotopic (exact) mass is 631 g/mol. The van der Waals surface area contributed by atoms with Crippen molar-refractivity contribution in [3.05, 3.63) is 72.5 Å². The first-order valence-corrected chi connectivity index (χ1v) is 14.0. The number of hydrogen-bond donors (Lipinski definition) is 4. The van der Waals surface area contributed by atoms with Crippen molar-refractivity contribution >= 4 is 27.8 Å². The number of phenols is 1. The maximum Gasteiger partial charge on any atom is 0.349 e. The standard InChI is InChI=1S/C24H23BrN4O7.C4H11N/c1-12-8-15(9-13(2)20(12)36-16-5-6-18(30)17(25)10-16)29-24(35)26-21(31)19(27-29)22(32)28-7-3-4-14(11-28)23(33)34;1-3-5-4-2/h5-6,8-10,14,30H,3-4,7,11H2,1-2H3,(H,33,34)(H,26,31,35);5H,3-4H2,1-2H3. The predicted octanol–water partition coefficient (Wildman–Crippen LogP) is 3.35. The van der Waals surface area contributed by atoms with Gasteiger partial charge in [0.25, 0.3) is 11.5 Å². The Balaban J connectivity index is 0.000000850. The molecule has 1 atom stereocenters. The number of ether oxygens (including phenoxy) is 1. The minimum Gasteiger partial charge on any atom is -0.507 e. The maximum absolute atomic E-state index is 13.0. The number of phenolic OH excluding ortho intramolecular Hbond substituents is 1. The Morgan fingerprint density at radius 1 is 1.15 bits per heavy atom. The molecule has 0 saturated carbocycles. The lowest BCUT2D eigenvalue weighted by atomic mass is 9.98. The van der Waals surface area contributed by atoms with Crippen LogP contribution in [0.25, 0.3) is 5.69 Å². The molecule has 1 unspecified atom stereocenters. The van der Waals surface area contributed by atoms with E-state index in [1.807, 2.05) is 0 Å². The fourth-order valence-corrected chi connectivity index (χ4v) is 4.72. The van der Waals surface area contributed by atoms with Crippen molar-refractivity contribution in [1.29, 1.82) is 0 Å². The van der Waals surface area contributed by atoms with Crippen LogP contribution in [0.1, 0.15) is 48.3 Å². The first-order valence-electron chi connectivity index (χ1n) is 13.2. The number of benzene rings is 2. The number of piperidine rings is 1. The number of hydrogen-bond acceptors (Lipinski definition) is 8. The molecule has 4 rings (SSSR count). The highest BCUT2D eigenvalue weighted by Gasteiger charge is 2.31. The molecule has 2 aromatic carbocycles. The molecular formula is C28H34BrN5O7. The molecule has 2 heterocycles. The number of carbonyl (C=O) groups is 2. The number of nitrogens with one attached hydrogen (secondary N) is 2. The number of aliphatic carboxylic acids is 1. The van der Waals surface area contributed by atoms with E-state index >= 15 is 0 Å². The Bertz CT molecular complexity index is 1510. The lowest BCUT2D eigenvalue weighted by Crippen LogP contribution is -2.46. The van der Waals surface area contributed by atoms with Crippen molar-refractivity contribution in [2.45, 2.75) is 40.5 Å². The Morgan fingerprint density at radius 3 is 2.37 bits per heavy atom. The number of nitrogens with zero attached hydrogens (tertiary/aromatic N) is 3. The molecule has 1 saturated heterocycles. The molecule has 1 aromatic heterocycles. The molecule has 41 heavy (non-hydrogen) atoms. The number of halogens is 1. The number of amides is 1. The highest BCUT2D eigenvalue weighted by molar-refractivity contribution is 9.10. The predicted molar refractivity (Wildman–Crippen MR) is 156 cm³/mol. The van der Waals surface area contributed by atoms with Crippen molar-refractivity contribution in [2.24, 2.45) is 5.92 Å². The summed E-state index contributed by atoms with van der Waals surface area (Å²) in [6.07, 6.45) is 0.925. The number of H-pyrrole nitrogens is 1. The summed E-state index contributed by atoms with van der Waals surface area (Å²) in [7, 11) is 0. The van der Waals surface area contributed by atoms with Gasteiger partial charge in [0.05, 0.1) is 16.1 Å². The molecule has 1 amide bonds. The summed E-state index contributed by atoms with van der Waals surface area (Å²) in [5, 5.41) is 26.1. The van der Waals surface area contributed by atoms with Crippen LogP contribution in [0.4, 0.5) is 0 Å². The van der Waals surface area contributed by atoms with Gasteiger partial charge in [-0.3, -0.25) is 19.4 Å². The zero-order chi connectivity index (χ0) is 30.3. The van der Waals surface area contributed by atoms with E-state index in [0.29, 0.717) is 52.2 Å². The fraction of sp³-hybridized carbons (Fsp3) is 0.393. The Hall–Kier alpha value is -3.97. The summed E-state index contributed by atoms with van der Waals surface area (Å²) in [6, 6.07) is 7.96. The van der Waals surface area contributed by atoms with Gasteiger partial charge in [0, 0.05) is 13.1 Å². The molecule has 4 N–H and O–H groups in total. The third kappa shape index (κ3) is 7.82. The minimum atomic E-state index is -1.01. The SMILES string of the molecule is CCNCC.Cc1cc(-n2nc(C(=O)N3CCCC(C(=O)O)C3)c(=O)[nH]c2=O)cc(C)c1Oc1ccc(O)c(Br)c1. The molecule has 0 bridgehead atoms. The molecule has 1 fully saturated rings. The van der Waals surface area contributed by atoms with Crippen molar-refractivity contribution in [1.82, 2.24) is 25.0 Å². The fourth-order valence-electron chi connectivity index (χ4n) is 4.36. The van der Waals surface area contributed by atoms with Crippen LogP contribution in [-0.2, 0) is 4.79 Å². The number of rotatable bonds is 7. The molecule has 0 radical (unpaired) electrons. The van der Waals surface area contributed by atoms with Crippen molar-refractivity contribution in [3.8, 4) is 22.9 Å².